The summed E-state index contributed by atoms with van der Waals surface area (Å²) < 4.78 is 4.83. The lowest BCUT2D eigenvalue weighted by atomic mass is 9.76. The van der Waals surface area contributed by atoms with Crippen LogP contribution in [0.4, 0.5) is 11.4 Å². The predicted octanol–water partition coefficient (Wildman–Crippen LogP) is 4.21. The van der Waals surface area contributed by atoms with Crippen molar-refractivity contribution in [3.05, 3.63) is 81.4 Å². The van der Waals surface area contributed by atoms with Crippen LogP contribution in [0, 0.1) is 16.0 Å². The number of nitrogens with zero attached hydrogens (tertiary/aromatic N) is 1. The Morgan fingerprint density at radius 3 is 2.69 bits per heavy atom. The van der Waals surface area contributed by atoms with Crippen LogP contribution < -0.4 is 5.32 Å². The number of hydrogen-bond acceptors (Lipinski definition) is 5. The molecule has 0 unspecified atom stereocenters. The fourth-order valence-corrected chi connectivity index (χ4v) is 3.97. The average Bonchev–Trinajstić information content (AvgIpc) is 3.16. The summed E-state index contributed by atoms with van der Waals surface area (Å²) in [7, 11) is 1.38. The first-order chi connectivity index (χ1) is 12.6. The van der Waals surface area contributed by atoms with Crippen LogP contribution in [0.15, 0.2) is 54.6 Å². The van der Waals surface area contributed by atoms with Gasteiger partial charge in [0.1, 0.15) is 0 Å². The van der Waals surface area contributed by atoms with Crippen LogP contribution in [0.2, 0.25) is 0 Å². The first kappa shape index (κ1) is 16.3. The number of hydrogen-bond donors (Lipinski definition) is 1. The van der Waals surface area contributed by atoms with Gasteiger partial charge < -0.3 is 10.1 Å². The van der Waals surface area contributed by atoms with E-state index in [9.17, 15) is 14.9 Å². The molecule has 0 fully saturated rings. The first-order valence-electron chi connectivity index (χ1n) is 8.48. The van der Waals surface area contributed by atoms with Crippen LogP contribution in [0.1, 0.15) is 39.9 Å². The van der Waals surface area contributed by atoms with E-state index in [0.717, 1.165) is 23.2 Å². The minimum Gasteiger partial charge on any atom is -0.465 e. The van der Waals surface area contributed by atoms with Crippen molar-refractivity contribution in [1.82, 2.24) is 0 Å². The van der Waals surface area contributed by atoms with Crippen molar-refractivity contribution in [3.63, 3.8) is 0 Å². The van der Waals surface area contributed by atoms with E-state index in [4.69, 9.17) is 4.74 Å². The molecule has 1 heterocycles. The number of esters is 1. The third kappa shape index (κ3) is 2.63. The minimum absolute atomic E-state index is 0.0623. The molecule has 4 rings (SSSR count). The van der Waals surface area contributed by atoms with Gasteiger partial charge in [-0.3, -0.25) is 10.1 Å². The topological polar surface area (TPSA) is 81.5 Å². The molecule has 0 saturated carbocycles. The summed E-state index contributed by atoms with van der Waals surface area (Å²) in [4.78, 5) is 22.3. The highest BCUT2D eigenvalue weighted by molar-refractivity contribution is 5.90. The van der Waals surface area contributed by atoms with Gasteiger partial charge in [-0.1, -0.05) is 24.3 Å². The Morgan fingerprint density at radius 2 is 2.00 bits per heavy atom. The van der Waals surface area contributed by atoms with Crippen LogP contribution >= 0.6 is 0 Å². The zero-order chi connectivity index (χ0) is 18.3. The fraction of sp³-hybridized carbons (Fsp3) is 0.250. The lowest BCUT2D eigenvalue weighted by Gasteiger charge is -2.37. The molecule has 0 radical (unpaired) electrons. The van der Waals surface area contributed by atoms with E-state index in [1.54, 1.807) is 18.2 Å². The Hall–Kier alpha value is -3.15. The van der Waals surface area contributed by atoms with E-state index < -0.39 is 0 Å². The quantitative estimate of drug-likeness (QED) is 0.388. The van der Waals surface area contributed by atoms with Crippen molar-refractivity contribution in [2.75, 3.05) is 12.4 Å². The van der Waals surface area contributed by atoms with E-state index in [-0.39, 0.29) is 28.5 Å². The number of nitro groups is 1. The molecule has 3 atom stereocenters. The largest absolute Gasteiger partial charge is 0.465 e. The summed E-state index contributed by atoms with van der Waals surface area (Å²) in [5.41, 5.74) is 3.73. The lowest BCUT2D eigenvalue weighted by molar-refractivity contribution is -0.384. The number of allylic oxidation sites excluding steroid dienone is 2. The first-order valence-corrected chi connectivity index (χ1v) is 8.48. The summed E-state index contributed by atoms with van der Waals surface area (Å²) in [5.74, 6) is 0.164. The molecule has 6 heteroatoms. The molecule has 2 aromatic carbocycles. The number of fused-ring (bicyclic) bond motifs is 3. The molecule has 1 aliphatic carbocycles. The zero-order valence-electron chi connectivity index (χ0n) is 14.2. The van der Waals surface area contributed by atoms with Crippen LogP contribution in [0.25, 0.3) is 0 Å². The van der Waals surface area contributed by atoms with Gasteiger partial charge in [-0.2, -0.15) is 0 Å². The normalized spacial score (nSPS) is 22.9. The van der Waals surface area contributed by atoms with Crippen molar-refractivity contribution in [3.8, 4) is 0 Å². The second-order valence-electron chi connectivity index (χ2n) is 6.62. The van der Waals surface area contributed by atoms with Crippen LogP contribution in [0.3, 0.4) is 0 Å². The van der Waals surface area contributed by atoms with E-state index in [1.807, 2.05) is 24.3 Å². The number of nitrogens with one attached hydrogen (secondary N) is 1. The number of anilines is 1. The molecule has 26 heavy (non-hydrogen) atoms. The van der Waals surface area contributed by atoms with Gasteiger partial charge in [0.2, 0.25) is 0 Å². The molecular weight excluding hydrogens is 332 g/mol. The highest BCUT2D eigenvalue weighted by Gasteiger charge is 2.38. The number of methoxy groups -OCH3 is 1. The van der Waals surface area contributed by atoms with Crippen LogP contribution in [-0.2, 0) is 4.74 Å². The maximum absolute atomic E-state index is 11.8. The molecule has 1 aliphatic heterocycles. The highest BCUT2D eigenvalue weighted by Crippen LogP contribution is 2.50. The average molecular weight is 350 g/mol. The van der Waals surface area contributed by atoms with E-state index >= 15 is 0 Å². The maximum atomic E-state index is 11.8. The Labute approximate surface area is 150 Å². The highest BCUT2D eigenvalue weighted by atomic mass is 16.6. The lowest BCUT2D eigenvalue weighted by Crippen LogP contribution is -2.29. The number of non-ortho nitro benzene ring substituents is 1. The van der Waals surface area contributed by atoms with E-state index in [2.05, 4.69) is 17.5 Å². The van der Waals surface area contributed by atoms with E-state index in [1.165, 1.54) is 7.11 Å². The second-order valence-corrected chi connectivity index (χ2v) is 6.62. The van der Waals surface area contributed by atoms with Gasteiger partial charge in [0, 0.05) is 23.7 Å². The number of nitro benzene ring substituents is 1. The standard InChI is InChI=1S/C20H18N2O4/c1-26-20(23)13-7-10-18-17(11-13)15-3-2-4-16(15)19(21-18)12-5-8-14(9-6-12)22(24)25/h2-3,5-11,15-16,19,21H,4H2,1H3/t15-,16-,19+/m0/s1. The molecule has 6 nitrogen and oxygen atoms in total. The smallest absolute Gasteiger partial charge is 0.337 e. The monoisotopic (exact) mass is 350 g/mol. The number of carbonyl (C=O) groups excluding carboxylic acids is 1. The van der Waals surface area contributed by atoms with Gasteiger partial charge in [-0.25, -0.2) is 4.79 Å². The summed E-state index contributed by atoms with van der Waals surface area (Å²) in [6, 6.07) is 12.3. The molecule has 0 bridgehead atoms. The third-order valence-electron chi connectivity index (χ3n) is 5.25. The number of ether oxygens (including phenoxy) is 1. The van der Waals surface area contributed by atoms with Crippen molar-refractivity contribution in [1.29, 1.82) is 0 Å². The summed E-state index contributed by atoms with van der Waals surface area (Å²) in [6.07, 6.45) is 5.26. The van der Waals surface area contributed by atoms with Gasteiger partial charge in [-0.05, 0) is 41.7 Å². The van der Waals surface area contributed by atoms with Gasteiger partial charge in [-0.15, -0.1) is 0 Å². The molecule has 0 saturated heterocycles. The predicted molar refractivity (Wildman–Crippen MR) is 97.2 cm³/mol. The number of benzene rings is 2. The van der Waals surface area contributed by atoms with Gasteiger partial charge in [0.15, 0.2) is 0 Å². The van der Waals surface area contributed by atoms with Gasteiger partial charge in [0.25, 0.3) is 5.69 Å². The molecular formula is C20H18N2O4. The Bertz CT molecular complexity index is 905. The summed E-state index contributed by atoms with van der Waals surface area (Å²) in [5, 5.41) is 14.4. The Balaban J connectivity index is 1.71. The van der Waals surface area contributed by atoms with Crippen LogP contribution in [0.5, 0.6) is 0 Å². The second kappa shape index (κ2) is 6.29. The van der Waals surface area contributed by atoms with E-state index in [0.29, 0.717) is 11.5 Å². The molecule has 132 valence electrons. The van der Waals surface area contributed by atoms with Crippen molar-refractivity contribution < 1.29 is 14.5 Å². The zero-order valence-corrected chi connectivity index (χ0v) is 14.2. The Morgan fingerprint density at radius 1 is 1.23 bits per heavy atom. The SMILES string of the molecule is COC(=O)c1ccc2c(c1)[C@H]1C=CC[C@@H]1[C@@H](c1ccc([N+](=O)[O-])cc1)N2. The number of rotatable bonds is 3. The Kier molecular flexibility index (Phi) is 3.95. The van der Waals surface area contributed by atoms with Gasteiger partial charge in [0.05, 0.1) is 23.6 Å². The van der Waals surface area contributed by atoms with Gasteiger partial charge >= 0.3 is 5.97 Å². The molecule has 2 aliphatic rings. The van der Waals surface area contributed by atoms with Crippen molar-refractivity contribution in [2.45, 2.75) is 18.4 Å². The number of carbonyl (C=O) groups is 1. The maximum Gasteiger partial charge on any atom is 0.337 e. The summed E-state index contributed by atoms with van der Waals surface area (Å²) in [6.45, 7) is 0. The summed E-state index contributed by atoms with van der Waals surface area (Å²) >= 11 is 0. The molecule has 2 aromatic rings. The molecule has 0 aromatic heterocycles. The molecule has 1 N–H and O–H groups in total. The molecule has 0 amide bonds. The van der Waals surface area contributed by atoms with Crippen molar-refractivity contribution >= 4 is 17.3 Å². The molecule has 0 spiro atoms. The third-order valence-corrected chi connectivity index (χ3v) is 5.25. The van der Waals surface area contributed by atoms with Crippen LogP contribution in [-0.4, -0.2) is 18.0 Å². The van der Waals surface area contributed by atoms with Crippen molar-refractivity contribution in [2.24, 2.45) is 5.92 Å². The fourth-order valence-electron chi connectivity index (χ4n) is 3.97. The minimum atomic E-state index is -0.387.